The largest absolute Gasteiger partial charge is 0.383 e. The number of hydrogen-bond donors (Lipinski definition) is 0. The smallest absolute Gasteiger partial charge is 0.306 e. The molecule has 1 aliphatic rings. The van der Waals surface area contributed by atoms with Crippen molar-refractivity contribution in [1.29, 1.82) is 0 Å². The van der Waals surface area contributed by atoms with Gasteiger partial charge in [0.05, 0.1) is 12.4 Å². The SMILES string of the molecule is CS(=O)(=O)Oc1ccc(CN(CC2CCCO2)C(=O)c2cccc3ccccc23)cc1. The van der Waals surface area contributed by atoms with Gasteiger partial charge in [-0.05, 0) is 47.4 Å². The van der Waals surface area contributed by atoms with Crippen LogP contribution < -0.4 is 4.18 Å². The number of rotatable bonds is 7. The lowest BCUT2D eigenvalue weighted by Gasteiger charge is -2.26. The molecule has 1 atom stereocenters. The van der Waals surface area contributed by atoms with E-state index < -0.39 is 10.1 Å². The summed E-state index contributed by atoms with van der Waals surface area (Å²) in [5.41, 5.74) is 1.54. The maximum absolute atomic E-state index is 13.6. The molecule has 0 aliphatic carbocycles. The van der Waals surface area contributed by atoms with Crippen molar-refractivity contribution in [2.45, 2.75) is 25.5 Å². The molecule has 1 aliphatic heterocycles. The van der Waals surface area contributed by atoms with E-state index in [-0.39, 0.29) is 17.8 Å². The van der Waals surface area contributed by atoms with Gasteiger partial charge in [0, 0.05) is 25.3 Å². The Bertz CT molecular complexity index is 1160. The summed E-state index contributed by atoms with van der Waals surface area (Å²) in [4.78, 5) is 15.4. The molecule has 3 aromatic carbocycles. The van der Waals surface area contributed by atoms with Crippen LogP contribution in [-0.4, -0.2) is 44.7 Å². The molecule has 1 amide bonds. The van der Waals surface area contributed by atoms with Crippen LogP contribution in [-0.2, 0) is 21.4 Å². The summed E-state index contributed by atoms with van der Waals surface area (Å²) in [6, 6.07) is 20.4. The quantitative estimate of drug-likeness (QED) is 0.521. The fraction of sp³-hybridized carbons (Fsp3) is 0.292. The summed E-state index contributed by atoms with van der Waals surface area (Å²) >= 11 is 0. The molecule has 162 valence electrons. The minimum Gasteiger partial charge on any atom is -0.383 e. The van der Waals surface area contributed by atoms with Crippen LogP contribution in [0, 0.1) is 0 Å². The Morgan fingerprint density at radius 1 is 1.06 bits per heavy atom. The highest BCUT2D eigenvalue weighted by Gasteiger charge is 2.24. The minimum absolute atomic E-state index is 0.0202. The molecular weight excluding hydrogens is 414 g/mol. The van der Waals surface area contributed by atoms with Gasteiger partial charge in [-0.2, -0.15) is 8.42 Å². The van der Waals surface area contributed by atoms with E-state index in [2.05, 4.69) is 0 Å². The van der Waals surface area contributed by atoms with Crippen molar-refractivity contribution >= 4 is 26.8 Å². The Balaban J connectivity index is 1.60. The van der Waals surface area contributed by atoms with Gasteiger partial charge in [-0.1, -0.05) is 48.5 Å². The molecule has 0 spiro atoms. The molecule has 0 N–H and O–H groups in total. The van der Waals surface area contributed by atoms with E-state index in [4.69, 9.17) is 8.92 Å². The molecule has 1 unspecified atom stereocenters. The van der Waals surface area contributed by atoms with Crippen molar-refractivity contribution < 1.29 is 22.1 Å². The van der Waals surface area contributed by atoms with Gasteiger partial charge in [0.15, 0.2) is 0 Å². The summed E-state index contributed by atoms with van der Waals surface area (Å²) in [6.07, 6.45) is 2.96. The summed E-state index contributed by atoms with van der Waals surface area (Å²) < 4.78 is 33.3. The lowest BCUT2D eigenvalue weighted by molar-refractivity contribution is 0.0509. The normalized spacial score (nSPS) is 16.4. The molecular formula is C24H25NO5S. The first-order valence-corrected chi connectivity index (χ1v) is 12.1. The molecule has 1 saturated heterocycles. The Morgan fingerprint density at radius 3 is 2.52 bits per heavy atom. The first-order chi connectivity index (χ1) is 14.9. The average molecular weight is 440 g/mol. The lowest BCUT2D eigenvalue weighted by atomic mass is 10.0. The molecule has 4 rings (SSSR count). The summed E-state index contributed by atoms with van der Waals surface area (Å²) in [5.74, 6) is 0.195. The van der Waals surface area contributed by atoms with Gasteiger partial charge >= 0.3 is 10.1 Å². The zero-order valence-corrected chi connectivity index (χ0v) is 18.2. The van der Waals surface area contributed by atoms with Crippen LogP contribution in [0.3, 0.4) is 0 Å². The van der Waals surface area contributed by atoms with E-state index >= 15 is 0 Å². The van der Waals surface area contributed by atoms with E-state index in [0.29, 0.717) is 18.7 Å². The van der Waals surface area contributed by atoms with Crippen LogP contribution in [0.1, 0.15) is 28.8 Å². The minimum atomic E-state index is -3.58. The Labute approximate surface area is 182 Å². The van der Waals surface area contributed by atoms with Crippen LogP contribution in [0.4, 0.5) is 0 Å². The van der Waals surface area contributed by atoms with Crippen LogP contribution in [0.2, 0.25) is 0 Å². The maximum Gasteiger partial charge on any atom is 0.306 e. The molecule has 1 heterocycles. The molecule has 0 bridgehead atoms. The molecule has 7 heteroatoms. The van der Waals surface area contributed by atoms with Crippen molar-refractivity contribution in [2.75, 3.05) is 19.4 Å². The molecule has 6 nitrogen and oxygen atoms in total. The van der Waals surface area contributed by atoms with E-state index in [1.807, 2.05) is 47.4 Å². The third-order valence-electron chi connectivity index (χ3n) is 5.30. The maximum atomic E-state index is 13.6. The molecule has 0 radical (unpaired) electrons. The number of ether oxygens (including phenoxy) is 1. The van der Waals surface area contributed by atoms with Gasteiger partial charge in [0.1, 0.15) is 5.75 Å². The first-order valence-electron chi connectivity index (χ1n) is 10.3. The number of benzene rings is 3. The van der Waals surface area contributed by atoms with E-state index in [1.54, 1.807) is 24.3 Å². The summed E-state index contributed by atoms with van der Waals surface area (Å²) in [7, 11) is -3.58. The molecule has 31 heavy (non-hydrogen) atoms. The highest BCUT2D eigenvalue weighted by molar-refractivity contribution is 7.86. The van der Waals surface area contributed by atoms with Crippen LogP contribution in [0.15, 0.2) is 66.7 Å². The topological polar surface area (TPSA) is 72.9 Å². The van der Waals surface area contributed by atoms with E-state index in [0.717, 1.165) is 42.0 Å². The number of carbonyl (C=O) groups excluding carboxylic acids is 1. The average Bonchev–Trinajstić information content (AvgIpc) is 3.26. The second kappa shape index (κ2) is 9.08. The number of hydrogen-bond acceptors (Lipinski definition) is 5. The van der Waals surface area contributed by atoms with Gasteiger partial charge in [-0.3, -0.25) is 4.79 Å². The van der Waals surface area contributed by atoms with Gasteiger partial charge in [0.25, 0.3) is 5.91 Å². The lowest BCUT2D eigenvalue weighted by Crippen LogP contribution is -2.37. The van der Waals surface area contributed by atoms with Gasteiger partial charge < -0.3 is 13.8 Å². The monoisotopic (exact) mass is 439 g/mol. The molecule has 0 aromatic heterocycles. The van der Waals surface area contributed by atoms with Crippen molar-refractivity contribution in [3.8, 4) is 5.75 Å². The molecule has 3 aromatic rings. The fourth-order valence-electron chi connectivity index (χ4n) is 3.88. The van der Waals surface area contributed by atoms with Crippen LogP contribution in [0.25, 0.3) is 10.8 Å². The van der Waals surface area contributed by atoms with Crippen molar-refractivity contribution in [1.82, 2.24) is 4.90 Å². The molecule has 1 fully saturated rings. The predicted molar refractivity (Wildman–Crippen MR) is 120 cm³/mol. The number of amides is 1. The highest BCUT2D eigenvalue weighted by Crippen LogP contribution is 2.23. The van der Waals surface area contributed by atoms with E-state index in [1.165, 1.54) is 0 Å². The number of carbonyl (C=O) groups is 1. The second-order valence-corrected chi connectivity index (χ2v) is 9.35. The standard InChI is InChI=1S/C24H25NO5S/c1-31(27,28)30-20-13-11-18(12-14-20)16-25(17-21-8-5-15-29-21)24(26)23-10-4-7-19-6-2-3-9-22(19)23/h2-4,6-7,9-14,21H,5,8,15-17H2,1H3. The van der Waals surface area contributed by atoms with Crippen molar-refractivity contribution in [3.63, 3.8) is 0 Å². The zero-order valence-electron chi connectivity index (χ0n) is 17.4. The summed E-state index contributed by atoms with van der Waals surface area (Å²) in [5, 5.41) is 1.94. The third-order valence-corrected chi connectivity index (χ3v) is 5.79. The van der Waals surface area contributed by atoms with Gasteiger partial charge in [0.2, 0.25) is 0 Å². The Morgan fingerprint density at radius 2 is 1.81 bits per heavy atom. The van der Waals surface area contributed by atoms with Gasteiger partial charge in [-0.25, -0.2) is 0 Å². The van der Waals surface area contributed by atoms with Crippen LogP contribution >= 0.6 is 0 Å². The number of nitrogens with zero attached hydrogens (tertiary/aromatic N) is 1. The van der Waals surface area contributed by atoms with Crippen molar-refractivity contribution in [2.24, 2.45) is 0 Å². The Kier molecular flexibility index (Phi) is 6.25. The van der Waals surface area contributed by atoms with E-state index in [9.17, 15) is 13.2 Å². The van der Waals surface area contributed by atoms with Crippen LogP contribution in [0.5, 0.6) is 5.75 Å². The third kappa shape index (κ3) is 5.42. The van der Waals surface area contributed by atoms with Crippen molar-refractivity contribution in [3.05, 3.63) is 77.9 Å². The first kappa shape index (κ1) is 21.3. The fourth-order valence-corrected chi connectivity index (χ4v) is 4.34. The Hall–Kier alpha value is -2.90. The molecule has 0 saturated carbocycles. The second-order valence-electron chi connectivity index (χ2n) is 7.78. The highest BCUT2D eigenvalue weighted by atomic mass is 32.2. The number of fused-ring (bicyclic) bond motifs is 1. The summed E-state index contributed by atoms with van der Waals surface area (Å²) in [6.45, 7) is 1.61. The zero-order chi connectivity index (χ0) is 21.8. The predicted octanol–water partition coefficient (Wildman–Crippen LogP) is 4.00. The van der Waals surface area contributed by atoms with Gasteiger partial charge in [-0.15, -0.1) is 0 Å².